The molecule has 2 N–H and O–H groups in total. The highest BCUT2D eigenvalue weighted by molar-refractivity contribution is 6.04. The fraction of sp³-hybridized carbons (Fsp3) is 0.320. The number of anilines is 2. The molecule has 4 aromatic heterocycles. The van der Waals surface area contributed by atoms with Gasteiger partial charge in [-0.05, 0) is 31.0 Å². The quantitative estimate of drug-likeness (QED) is 0.405. The first-order valence-corrected chi connectivity index (χ1v) is 11.8. The minimum Gasteiger partial charge on any atom is -0.360 e. The van der Waals surface area contributed by atoms with Gasteiger partial charge in [-0.25, -0.2) is 19.9 Å². The van der Waals surface area contributed by atoms with Crippen molar-refractivity contribution >= 4 is 33.6 Å². The predicted molar refractivity (Wildman–Crippen MR) is 137 cm³/mol. The van der Waals surface area contributed by atoms with E-state index >= 15 is 0 Å². The molecule has 10 nitrogen and oxygen atoms in total. The Morgan fingerprint density at radius 2 is 1.91 bits per heavy atom. The average molecular weight is 469 g/mol. The number of rotatable bonds is 5. The zero-order valence-corrected chi connectivity index (χ0v) is 20.1. The largest absolute Gasteiger partial charge is 0.360 e. The first-order chi connectivity index (χ1) is 17.1. The molecule has 1 fully saturated rings. The molecule has 5 aromatic rings. The first-order valence-electron chi connectivity index (χ1n) is 11.8. The SMILES string of the molecule is CC(Nc1ncnc2nc[nH]c12)c1cc2cccc(-c3cnn(C)c3)c2c(N2CCN(C)CC2)n1. The van der Waals surface area contributed by atoms with Crippen LogP contribution in [0.1, 0.15) is 18.7 Å². The lowest BCUT2D eigenvalue weighted by Crippen LogP contribution is -2.45. The molecular formula is C25H28N10. The number of aromatic nitrogens is 7. The molecule has 0 spiro atoms. The lowest BCUT2D eigenvalue weighted by molar-refractivity contribution is 0.312. The van der Waals surface area contributed by atoms with Crippen molar-refractivity contribution in [3.8, 4) is 11.1 Å². The van der Waals surface area contributed by atoms with Gasteiger partial charge in [0.05, 0.1) is 24.3 Å². The second kappa shape index (κ2) is 8.62. The van der Waals surface area contributed by atoms with Gasteiger partial charge < -0.3 is 20.1 Å². The standard InChI is InChI=1S/C25H28N10/c1-16(31-24-22-23(27-14-26-22)28-15-29-24)20-11-17-5-4-6-19(18-12-30-34(3)13-18)21(17)25(32-20)35-9-7-33(2)8-10-35/h4-6,11-16H,7-10H2,1-3H3,(H2,26,27,28,29,31). The number of hydrogen-bond donors (Lipinski definition) is 2. The molecule has 5 heterocycles. The Balaban J connectivity index is 1.46. The van der Waals surface area contributed by atoms with E-state index in [2.05, 4.69) is 84.6 Å². The van der Waals surface area contributed by atoms with Crippen LogP contribution in [-0.4, -0.2) is 72.8 Å². The van der Waals surface area contributed by atoms with E-state index in [0.717, 1.165) is 59.7 Å². The number of benzene rings is 1. The van der Waals surface area contributed by atoms with Crippen molar-refractivity contribution in [1.29, 1.82) is 0 Å². The van der Waals surface area contributed by atoms with E-state index in [1.165, 1.54) is 11.7 Å². The molecule has 35 heavy (non-hydrogen) atoms. The summed E-state index contributed by atoms with van der Waals surface area (Å²) in [7, 11) is 4.12. The van der Waals surface area contributed by atoms with Crippen molar-refractivity contribution in [3.05, 3.63) is 55.0 Å². The maximum atomic E-state index is 5.25. The summed E-state index contributed by atoms with van der Waals surface area (Å²) < 4.78 is 1.84. The number of aromatic amines is 1. The van der Waals surface area contributed by atoms with E-state index in [4.69, 9.17) is 4.98 Å². The minimum absolute atomic E-state index is 0.0749. The van der Waals surface area contributed by atoms with E-state index < -0.39 is 0 Å². The molecule has 0 bridgehead atoms. The highest BCUT2D eigenvalue weighted by Crippen LogP contribution is 2.37. The Bertz CT molecular complexity index is 1500. The van der Waals surface area contributed by atoms with Crippen LogP contribution in [0.3, 0.4) is 0 Å². The second-order valence-corrected chi connectivity index (χ2v) is 9.16. The van der Waals surface area contributed by atoms with Crippen LogP contribution in [0.25, 0.3) is 33.1 Å². The number of likely N-dealkylation sites (N-methyl/N-ethyl adjacent to an activating group) is 1. The molecule has 1 aliphatic rings. The molecule has 0 radical (unpaired) electrons. The Morgan fingerprint density at radius 3 is 2.71 bits per heavy atom. The number of aryl methyl sites for hydroxylation is 1. The first kappa shape index (κ1) is 21.5. The van der Waals surface area contributed by atoms with Crippen molar-refractivity contribution < 1.29 is 0 Å². The van der Waals surface area contributed by atoms with Gasteiger partial charge in [0.1, 0.15) is 17.7 Å². The van der Waals surface area contributed by atoms with Gasteiger partial charge >= 0.3 is 0 Å². The molecule has 10 heteroatoms. The Kier molecular flexibility index (Phi) is 5.29. The maximum Gasteiger partial charge on any atom is 0.182 e. The number of nitrogens with zero attached hydrogens (tertiary/aromatic N) is 8. The number of hydrogen-bond acceptors (Lipinski definition) is 8. The van der Waals surface area contributed by atoms with E-state index in [9.17, 15) is 0 Å². The molecule has 1 atom stereocenters. The van der Waals surface area contributed by atoms with Crippen LogP contribution in [0.4, 0.5) is 11.6 Å². The Labute approximate surface area is 203 Å². The summed E-state index contributed by atoms with van der Waals surface area (Å²) in [5.41, 5.74) is 4.63. The van der Waals surface area contributed by atoms with Gasteiger partial charge in [-0.2, -0.15) is 5.10 Å². The third kappa shape index (κ3) is 3.95. The van der Waals surface area contributed by atoms with Gasteiger partial charge in [0.15, 0.2) is 11.5 Å². The second-order valence-electron chi connectivity index (χ2n) is 9.16. The Hall–Kier alpha value is -4.05. The number of H-pyrrole nitrogens is 1. The van der Waals surface area contributed by atoms with Crippen molar-refractivity contribution in [1.82, 2.24) is 39.6 Å². The van der Waals surface area contributed by atoms with Gasteiger partial charge in [-0.1, -0.05) is 18.2 Å². The zero-order valence-electron chi connectivity index (χ0n) is 20.1. The molecule has 1 aromatic carbocycles. The average Bonchev–Trinajstić information content (AvgIpc) is 3.53. The van der Waals surface area contributed by atoms with E-state index in [-0.39, 0.29) is 6.04 Å². The summed E-state index contributed by atoms with van der Waals surface area (Å²) in [6.07, 6.45) is 7.15. The lowest BCUT2D eigenvalue weighted by Gasteiger charge is -2.34. The van der Waals surface area contributed by atoms with Gasteiger partial charge in [0.25, 0.3) is 0 Å². The van der Waals surface area contributed by atoms with Gasteiger partial charge in [0.2, 0.25) is 0 Å². The summed E-state index contributed by atoms with van der Waals surface area (Å²) in [5.74, 6) is 1.74. The fourth-order valence-corrected chi connectivity index (χ4v) is 4.73. The van der Waals surface area contributed by atoms with E-state index in [0.29, 0.717) is 11.5 Å². The summed E-state index contributed by atoms with van der Waals surface area (Å²) in [4.78, 5) is 26.1. The number of fused-ring (bicyclic) bond motifs is 2. The minimum atomic E-state index is -0.0749. The summed E-state index contributed by atoms with van der Waals surface area (Å²) >= 11 is 0. The zero-order chi connectivity index (χ0) is 23.9. The monoisotopic (exact) mass is 468 g/mol. The van der Waals surface area contributed by atoms with E-state index in [1.54, 1.807) is 6.33 Å². The topological polar surface area (TPSA) is 104 Å². The van der Waals surface area contributed by atoms with Crippen molar-refractivity contribution in [3.63, 3.8) is 0 Å². The highest BCUT2D eigenvalue weighted by Gasteiger charge is 2.22. The van der Waals surface area contributed by atoms with Crippen LogP contribution in [0.2, 0.25) is 0 Å². The summed E-state index contributed by atoms with van der Waals surface area (Å²) in [5, 5.41) is 10.3. The maximum absolute atomic E-state index is 5.25. The van der Waals surface area contributed by atoms with Gasteiger partial charge in [-0.3, -0.25) is 4.68 Å². The molecule has 6 rings (SSSR count). The summed E-state index contributed by atoms with van der Waals surface area (Å²) in [6.45, 7) is 6.00. The normalized spacial score (nSPS) is 15.7. The molecule has 1 unspecified atom stereocenters. The van der Waals surface area contributed by atoms with Gasteiger partial charge in [-0.15, -0.1) is 0 Å². The molecule has 0 aliphatic carbocycles. The highest BCUT2D eigenvalue weighted by atomic mass is 15.3. The molecule has 178 valence electrons. The number of nitrogens with one attached hydrogen (secondary N) is 2. The van der Waals surface area contributed by atoms with Crippen LogP contribution >= 0.6 is 0 Å². The third-order valence-electron chi connectivity index (χ3n) is 6.70. The fourth-order valence-electron chi connectivity index (χ4n) is 4.73. The van der Waals surface area contributed by atoms with Crippen molar-refractivity contribution in [2.24, 2.45) is 7.05 Å². The van der Waals surface area contributed by atoms with Crippen LogP contribution in [-0.2, 0) is 7.05 Å². The molecule has 0 saturated carbocycles. The molecular weight excluding hydrogens is 440 g/mol. The van der Waals surface area contributed by atoms with Crippen molar-refractivity contribution in [2.75, 3.05) is 43.4 Å². The lowest BCUT2D eigenvalue weighted by atomic mass is 9.99. The number of piperazine rings is 1. The molecule has 0 amide bonds. The number of imidazole rings is 1. The van der Waals surface area contributed by atoms with Crippen LogP contribution in [0.5, 0.6) is 0 Å². The van der Waals surface area contributed by atoms with Crippen LogP contribution in [0.15, 0.2) is 49.3 Å². The van der Waals surface area contributed by atoms with Crippen LogP contribution < -0.4 is 10.2 Å². The molecule has 1 aliphatic heterocycles. The van der Waals surface area contributed by atoms with Crippen LogP contribution in [0, 0.1) is 0 Å². The summed E-state index contributed by atoms with van der Waals surface area (Å²) in [6, 6.07) is 8.55. The van der Waals surface area contributed by atoms with E-state index in [1.807, 2.05) is 17.9 Å². The Morgan fingerprint density at radius 1 is 1.06 bits per heavy atom. The van der Waals surface area contributed by atoms with Crippen molar-refractivity contribution in [2.45, 2.75) is 13.0 Å². The predicted octanol–water partition coefficient (Wildman–Crippen LogP) is 3.23. The third-order valence-corrected chi connectivity index (χ3v) is 6.70. The smallest absolute Gasteiger partial charge is 0.182 e. The molecule has 1 saturated heterocycles. The van der Waals surface area contributed by atoms with Gasteiger partial charge in [0, 0.05) is 50.4 Å². The number of pyridine rings is 1.